The maximum Gasteiger partial charge on any atom is 2.00 e. The monoisotopic (exact) mass is 449 g/mol. The molecule has 1 amide bonds. The van der Waals surface area contributed by atoms with Crippen LogP contribution in [0.15, 0.2) is 18.3 Å². The Balaban J connectivity index is 0.000000468. The second-order valence-corrected chi connectivity index (χ2v) is 7.51. The molecule has 0 spiro atoms. The van der Waals surface area contributed by atoms with Gasteiger partial charge in [-0.15, -0.1) is 0 Å². The van der Waals surface area contributed by atoms with Gasteiger partial charge in [-0.25, -0.2) is 4.39 Å². The number of nitrogens with zero attached hydrogens (tertiary/aromatic N) is 2. The van der Waals surface area contributed by atoms with Crippen molar-refractivity contribution < 1.29 is 26.3 Å². The zero-order valence-electron chi connectivity index (χ0n) is 17.2. The average Bonchev–Trinajstić information content (AvgIpc) is 3.46. The predicted molar refractivity (Wildman–Crippen MR) is 112 cm³/mol. The molecule has 30 heavy (non-hydrogen) atoms. The van der Waals surface area contributed by atoms with Gasteiger partial charge in [-0.1, -0.05) is 6.07 Å². The zero-order chi connectivity index (χ0) is 20.5. The number of alkyl halides is 1. The Bertz CT molecular complexity index is 614. The van der Waals surface area contributed by atoms with Crippen molar-refractivity contribution in [3.8, 4) is 0 Å². The van der Waals surface area contributed by atoms with Gasteiger partial charge in [0.2, 0.25) is 5.91 Å². The van der Waals surface area contributed by atoms with Crippen LogP contribution in [0.1, 0.15) is 24.1 Å². The van der Waals surface area contributed by atoms with Gasteiger partial charge in [0.1, 0.15) is 5.67 Å². The van der Waals surface area contributed by atoms with Crippen LogP contribution in [-0.2, 0) is 28.4 Å². The molecule has 4 nitrogen and oxygen atoms in total. The fraction of sp³-hybridized carbons (Fsp3) is 0.333. The van der Waals surface area contributed by atoms with Crippen LogP contribution < -0.4 is 5.32 Å². The third-order valence-electron chi connectivity index (χ3n) is 5.13. The third-order valence-corrected chi connectivity index (χ3v) is 5.13. The standard InChI is InChI=1S/C19H23FN3O.C5H5.Fe/c1-15-6-7-17(22-12-15)13-21-14-19(20)8-10-23(11-9-19)18(24)16-4-2-3-5-16;1-2-4-5-3-1;/h2-7,12,21H,8-11,13-14H2,1H3;1-5H;/q;;+2. The number of likely N-dealkylation sites (tertiary alicyclic amines) is 1. The first kappa shape index (κ1) is 25.3. The summed E-state index contributed by atoms with van der Waals surface area (Å²) in [5.74, 6) is 0.684. The van der Waals surface area contributed by atoms with Crippen molar-refractivity contribution in [1.82, 2.24) is 15.2 Å². The number of aryl methyl sites for hydroxylation is 1. The summed E-state index contributed by atoms with van der Waals surface area (Å²) in [6.07, 6.45) is 19.8. The first-order valence-electron chi connectivity index (χ1n) is 10.0. The van der Waals surface area contributed by atoms with Crippen LogP contribution in [0.3, 0.4) is 0 Å². The van der Waals surface area contributed by atoms with E-state index in [2.05, 4.69) is 10.3 Å². The average molecular weight is 449 g/mol. The molecular formula is C24H28FFeN3O+2. The first-order chi connectivity index (χ1) is 14.1. The molecular weight excluding hydrogens is 421 g/mol. The van der Waals surface area contributed by atoms with E-state index >= 15 is 0 Å². The summed E-state index contributed by atoms with van der Waals surface area (Å²) in [5, 5.41) is 3.16. The van der Waals surface area contributed by atoms with Gasteiger partial charge in [0.15, 0.2) is 0 Å². The molecule has 1 aromatic rings. The van der Waals surface area contributed by atoms with E-state index in [1.165, 1.54) is 0 Å². The minimum Gasteiger partial charge on any atom is -0.342 e. The van der Waals surface area contributed by atoms with E-state index < -0.39 is 5.67 Å². The van der Waals surface area contributed by atoms with Crippen LogP contribution in [0.4, 0.5) is 4.39 Å². The van der Waals surface area contributed by atoms with Gasteiger partial charge in [0.05, 0.1) is 11.6 Å². The molecule has 6 heteroatoms. The number of nitrogens with one attached hydrogen (secondary N) is 1. The number of piperidine rings is 1. The summed E-state index contributed by atoms with van der Waals surface area (Å²) in [6.45, 7) is 3.77. The largest absolute Gasteiger partial charge is 2.00 e. The quantitative estimate of drug-likeness (QED) is 0.703. The van der Waals surface area contributed by atoms with Crippen molar-refractivity contribution in [1.29, 1.82) is 0 Å². The number of amides is 1. The minimum atomic E-state index is -1.26. The minimum absolute atomic E-state index is 0. The fourth-order valence-corrected chi connectivity index (χ4v) is 3.32. The van der Waals surface area contributed by atoms with Gasteiger partial charge >= 0.3 is 17.1 Å². The van der Waals surface area contributed by atoms with E-state index in [4.69, 9.17) is 0 Å². The molecule has 3 fully saturated rings. The number of hydrogen-bond donors (Lipinski definition) is 1. The normalized spacial score (nSPS) is 20.9. The molecule has 10 radical (unpaired) electrons. The summed E-state index contributed by atoms with van der Waals surface area (Å²) in [7, 11) is 0. The number of carbonyl (C=O) groups is 1. The number of hydrogen-bond acceptors (Lipinski definition) is 3. The van der Waals surface area contributed by atoms with E-state index in [0.717, 1.165) is 11.3 Å². The van der Waals surface area contributed by atoms with Gasteiger partial charge in [-0.2, -0.15) is 0 Å². The van der Waals surface area contributed by atoms with Gasteiger partial charge in [-0.05, 0) is 76.3 Å². The van der Waals surface area contributed by atoms with Crippen molar-refractivity contribution in [2.75, 3.05) is 19.6 Å². The molecule has 0 unspecified atom stereocenters. The van der Waals surface area contributed by atoms with Gasteiger partial charge in [-0.3, -0.25) is 9.78 Å². The van der Waals surface area contributed by atoms with E-state index in [-0.39, 0.29) is 23.0 Å². The van der Waals surface area contributed by atoms with Crippen LogP contribution >= 0.6 is 0 Å². The molecule has 2 saturated carbocycles. The third kappa shape index (κ3) is 7.94. The molecule has 2 aliphatic carbocycles. The first-order valence-corrected chi connectivity index (χ1v) is 10.0. The number of rotatable bonds is 5. The van der Waals surface area contributed by atoms with E-state index in [9.17, 15) is 9.18 Å². The van der Waals surface area contributed by atoms with Crippen LogP contribution in [0, 0.1) is 70.6 Å². The molecule has 1 saturated heterocycles. The van der Waals surface area contributed by atoms with Gasteiger partial charge in [0.25, 0.3) is 0 Å². The SMILES string of the molecule is Cc1ccc(CNCC2(F)CCN(C(=O)[C]3[CH][CH][CH][CH]3)CC2)nc1.[CH]1[CH][CH][CH][CH]1.[Fe+2]. The summed E-state index contributed by atoms with van der Waals surface area (Å²) >= 11 is 0. The number of carbonyl (C=O) groups excluding carboxylic acids is 1. The van der Waals surface area contributed by atoms with Gasteiger partial charge < -0.3 is 10.2 Å². The molecule has 0 atom stereocenters. The van der Waals surface area contributed by atoms with Crippen LogP contribution in [0.5, 0.6) is 0 Å². The zero-order valence-corrected chi connectivity index (χ0v) is 18.3. The fourth-order valence-electron chi connectivity index (χ4n) is 3.32. The Labute approximate surface area is 192 Å². The Morgan fingerprint density at radius 3 is 2.20 bits per heavy atom. The van der Waals surface area contributed by atoms with E-state index in [1.807, 2.05) is 70.2 Å². The van der Waals surface area contributed by atoms with Crippen molar-refractivity contribution in [3.63, 3.8) is 0 Å². The van der Waals surface area contributed by atoms with E-state index in [1.54, 1.807) is 17.7 Å². The van der Waals surface area contributed by atoms with Gasteiger partial charge in [0, 0.05) is 45.2 Å². The molecule has 0 aromatic carbocycles. The molecule has 1 N–H and O–H groups in total. The van der Waals surface area contributed by atoms with Crippen molar-refractivity contribution in [3.05, 3.63) is 93.3 Å². The van der Waals surface area contributed by atoms with Crippen LogP contribution in [-0.4, -0.2) is 41.1 Å². The number of pyridine rings is 1. The molecule has 158 valence electrons. The predicted octanol–water partition coefficient (Wildman–Crippen LogP) is 3.23. The molecule has 1 aliphatic heterocycles. The number of halogens is 1. The maximum absolute atomic E-state index is 14.9. The Morgan fingerprint density at radius 2 is 1.67 bits per heavy atom. The van der Waals surface area contributed by atoms with Crippen LogP contribution in [0.25, 0.3) is 0 Å². The molecule has 3 aliphatic rings. The van der Waals surface area contributed by atoms with Crippen LogP contribution in [0.2, 0.25) is 0 Å². The molecule has 2 heterocycles. The summed E-state index contributed by atoms with van der Waals surface area (Å²) in [6, 6.07) is 3.96. The summed E-state index contributed by atoms with van der Waals surface area (Å²) < 4.78 is 14.9. The smallest absolute Gasteiger partial charge is 0.342 e. The second-order valence-electron chi connectivity index (χ2n) is 7.51. The van der Waals surface area contributed by atoms with E-state index in [0.29, 0.717) is 44.9 Å². The Kier molecular flexibility index (Phi) is 10.8. The van der Waals surface area contributed by atoms with Crippen molar-refractivity contribution >= 4 is 5.91 Å². The van der Waals surface area contributed by atoms with Crippen molar-refractivity contribution in [2.45, 2.75) is 32.0 Å². The topological polar surface area (TPSA) is 45.2 Å². The Hall–Kier alpha value is -0.971. The second kappa shape index (κ2) is 12.8. The summed E-state index contributed by atoms with van der Waals surface area (Å²) in [5.41, 5.74) is 0.767. The number of aromatic nitrogens is 1. The summed E-state index contributed by atoms with van der Waals surface area (Å²) in [4.78, 5) is 18.3. The van der Waals surface area contributed by atoms with Crippen molar-refractivity contribution in [2.24, 2.45) is 0 Å². The molecule has 4 rings (SSSR count). The maximum atomic E-state index is 14.9. The Morgan fingerprint density at radius 1 is 1.07 bits per heavy atom. The molecule has 0 bridgehead atoms. The molecule has 1 aromatic heterocycles.